The second-order valence-corrected chi connectivity index (χ2v) is 10.8. The monoisotopic (exact) mass is 541 g/mol. The molecule has 3 aromatic carbocycles. The molecule has 1 aliphatic carbocycles. The number of rotatable bonds is 9. The Balaban J connectivity index is 1.08. The maximum absolute atomic E-state index is 13.4. The number of nitrogens with zero attached hydrogens (tertiary/aromatic N) is 1. The van der Waals surface area contributed by atoms with Crippen LogP contribution in [-0.2, 0) is 14.9 Å². The maximum Gasteiger partial charge on any atom is 0.251 e. The fourth-order valence-corrected chi connectivity index (χ4v) is 5.46. The van der Waals surface area contributed by atoms with Crippen molar-refractivity contribution < 1.29 is 23.8 Å². The van der Waals surface area contributed by atoms with Gasteiger partial charge in [0.05, 0.1) is 18.6 Å². The molecule has 2 aliphatic heterocycles. The van der Waals surface area contributed by atoms with Crippen LogP contribution in [0.25, 0.3) is 11.1 Å². The molecule has 2 N–H and O–H groups in total. The molecule has 1 saturated carbocycles. The smallest absolute Gasteiger partial charge is 0.251 e. The van der Waals surface area contributed by atoms with E-state index in [2.05, 4.69) is 15.5 Å². The lowest BCUT2D eigenvalue weighted by Gasteiger charge is -2.26. The first-order valence-electron chi connectivity index (χ1n) is 14.0. The van der Waals surface area contributed by atoms with Crippen LogP contribution in [-0.4, -0.2) is 62.9 Å². The topological polar surface area (TPSA) is 89.1 Å². The molecule has 0 unspecified atom stereocenters. The van der Waals surface area contributed by atoms with Gasteiger partial charge in [-0.3, -0.25) is 14.5 Å². The van der Waals surface area contributed by atoms with Crippen molar-refractivity contribution in [2.45, 2.75) is 31.6 Å². The lowest BCUT2D eigenvalue weighted by atomic mass is 9.94. The van der Waals surface area contributed by atoms with Gasteiger partial charge in [-0.1, -0.05) is 24.3 Å². The standard InChI is InChI=1S/C32H35N3O5/c1-22-3-9-26(34-31(37)32(11-12-32)25-8-10-28-29(19-25)40-21-39-28)20-27(22)23-4-6-24(7-5-23)30(36)33-13-2-14-35-15-17-38-18-16-35/h3-10,19-20H,2,11-18,21H2,1H3,(H,33,36)(H,34,37). The zero-order chi connectivity index (χ0) is 27.5. The number of benzene rings is 3. The molecule has 0 radical (unpaired) electrons. The van der Waals surface area contributed by atoms with Crippen LogP contribution in [0.3, 0.4) is 0 Å². The SMILES string of the molecule is Cc1ccc(NC(=O)C2(c3ccc4c(c3)OCO4)CC2)cc1-c1ccc(C(=O)NCCCN2CCOCC2)cc1. The number of anilines is 1. The van der Waals surface area contributed by atoms with Crippen molar-refractivity contribution in [2.24, 2.45) is 0 Å². The number of aryl methyl sites for hydroxylation is 1. The van der Waals surface area contributed by atoms with Crippen LogP contribution >= 0.6 is 0 Å². The summed E-state index contributed by atoms with van der Waals surface area (Å²) in [5.41, 5.74) is 4.91. The van der Waals surface area contributed by atoms with Crippen LogP contribution in [0.5, 0.6) is 11.5 Å². The van der Waals surface area contributed by atoms with Gasteiger partial charge in [-0.25, -0.2) is 0 Å². The van der Waals surface area contributed by atoms with Gasteiger partial charge in [0.25, 0.3) is 5.91 Å². The second kappa shape index (κ2) is 11.3. The molecule has 40 heavy (non-hydrogen) atoms. The van der Waals surface area contributed by atoms with E-state index in [0.717, 1.165) is 85.8 Å². The average Bonchev–Trinajstić information content (AvgIpc) is 3.67. The minimum Gasteiger partial charge on any atom is -0.454 e. The molecule has 2 heterocycles. The van der Waals surface area contributed by atoms with Crippen molar-refractivity contribution in [3.05, 3.63) is 77.4 Å². The Morgan fingerprint density at radius 3 is 2.48 bits per heavy atom. The third-order valence-corrected chi connectivity index (χ3v) is 8.10. The highest BCUT2D eigenvalue weighted by Gasteiger charge is 2.51. The van der Waals surface area contributed by atoms with E-state index in [1.54, 1.807) is 0 Å². The van der Waals surface area contributed by atoms with E-state index in [4.69, 9.17) is 14.2 Å². The quantitative estimate of drug-likeness (QED) is 0.388. The van der Waals surface area contributed by atoms with Crippen LogP contribution in [0.4, 0.5) is 5.69 Å². The molecule has 208 valence electrons. The normalized spacial score (nSPS) is 17.3. The Kier molecular flexibility index (Phi) is 7.45. The van der Waals surface area contributed by atoms with Crippen LogP contribution < -0.4 is 20.1 Å². The van der Waals surface area contributed by atoms with E-state index < -0.39 is 5.41 Å². The Morgan fingerprint density at radius 1 is 0.925 bits per heavy atom. The third-order valence-electron chi connectivity index (χ3n) is 8.10. The van der Waals surface area contributed by atoms with E-state index in [1.165, 1.54) is 0 Å². The Morgan fingerprint density at radius 2 is 1.70 bits per heavy atom. The number of carbonyl (C=O) groups excluding carboxylic acids is 2. The van der Waals surface area contributed by atoms with Crippen LogP contribution in [0, 0.1) is 6.92 Å². The van der Waals surface area contributed by atoms with Crippen molar-refractivity contribution in [1.29, 1.82) is 0 Å². The van der Waals surface area contributed by atoms with Gasteiger partial charge in [0.15, 0.2) is 11.5 Å². The largest absolute Gasteiger partial charge is 0.454 e. The predicted octanol–water partition coefficient (Wildman–Crippen LogP) is 4.51. The fourth-order valence-electron chi connectivity index (χ4n) is 5.46. The number of nitrogens with one attached hydrogen (secondary N) is 2. The molecule has 2 fully saturated rings. The summed E-state index contributed by atoms with van der Waals surface area (Å²) >= 11 is 0. The second-order valence-electron chi connectivity index (χ2n) is 10.8. The molecule has 0 atom stereocenters. The first kappa shape index (κ1) is 26.3. The summed E-state index contributed by atoms with van der Waals surface area (Å²) in [5, 5.41) is 6.17. The number of hydrogen-bond acceptors (Lipinski definition) is 6. The molecular formula is C32H35N3O5. The van der Waals surface area contributed by atoms with Crippen molar-refractivity contribution in [3.63, 3.8) is 0 Å². The van der Waals surface area contributed by atoms with Gasteiger partial charge in [-0.2, -0.15) is 0 Å². The highest BCUT2D eigenvalue weighted by atomic mass is 16.7. The summed E-state index contributed by atoms with van der Waals surface area (Å²) in [7, 11) is 0. The molecule has 2 amide bonds. The van der Waals surface area contributed by atoms with Crippen molar-refractivity contribution in [1.82, 2.24) is 10.2 Å². The van der Waals surface area contributed by atoms with Gasteiger partial charge in [0, 0.05) is 30.9 Å². The lowest BCUT2D eigenvalue weighted by molar-refractivity contribution is -0.118. The Labute approximate surface area is 234 Å². The van der Waals surface area contributed by atoms with Crippen molar-refractivity contribution in [3.8, 4) is 22.6 Å². The Hall–Kier alpha value is -3.88. The molecular weight excluding hydrogens is 506 g/mol. The van der Waals surface area contributed by atoms with Gasteiger partial charge in [-0.15, -0.1) is 0 Å². The predicted molar refractivity (Wildman–Crippen MR) is 153 cm³/mol. The first-order valence-corrected chi connectivity index (χ1v) is 14.0. The fraction of sp³-hybridized carbons (Fsp3) is 0.375. The van der Waals surface area contributed by atoms with Crippen LogP contribution in [0.1, 0.15) is 40.7 Å². The van der Waals surface area contributed by atoms with Gasteiger partial charge >= 0.3 is 0 Å². The number of fused-ring (bicyclic) bond motifs is 1. The summed E-state index contributed by atoms with van der Waals surface area (Å²) in [6.45, 7) is 7.36. The summed E-state index contributed by atoms with van der Waals surface area (Å²) in [4.78, 5) is 28.4. The zero-order valence-corrected chi connectivity index (χ0v) is 22.8. The number of hydrogen-bond donors (Lipinski definition) is 2. The third kappa shape index (κ3) is 5.55. The number of carbonyl (C=O) groups is 2. The molecule has 6 rings (SSSR count). The lowest BCUT2D eigenvalue weighted by Crippen LogP contribution is -2.38. The molecule has 0 spiro atoms. The van der Waals surface area contributed by atoms with Gasteiger partial charge in [-0.05, 0) is 91.4 Å². The molecule has 8 heteroatoms. The van der Waals surface area contributed by atoms with E-state index >= 15 is 0 Å². The highest BCUT2D eigenvalue weighted by Crippen LogP contribution is 2.51. The van der Waals surface area contributed by atoms with Crippen molar-refractivity contribution >= 4 is 17.5 Å². The number of amides is 2. The summed E-state index contributed by atoms with van der Waals surface area (Å²) in [6.07, 6.45) is 2.51. The van der Waals surface area contributed by atoms with E-state index in [-0.39, 0.29) is 18.6 Å². The van der Waals surface area contributed by atoms with E-state index in [9.17, 15) is 9.59 Å². The summed E-state index contributed by atoms with van der Waals surface area (Å²) in [5.74, 6) is 1.33. The van der Waals surface area contributed by atoms with Gasteiger partial charge < -0.3 is 24.8 Å². The van der Waals surface area contributed by atoms with Gasteiger partial charge in [0.1, 0.15) is 0 Å². The van der Waals surface area contributed by atoms with E-state index in [0.29, 0.717) is 17.9 Å². The van der Waals surface area contributed by atoms with Crippen molar-refractivity contribution in [2.75, 3.05) is 51.5 Å². The minimum absolute atomic E-state index is 0.0122. The van der Waals surface area contributed by atoms with Crippen LogP contribution in [0.15, 0.2) is 60.7 Å². The average molecular weight is 542 g/mol. The number of morpholine rings is 1. The Bertz CT molecular complexity index is 1390. The summed E-state index contributed by atoms with van der Waals surface area (Å²) < 4.78 is 16.3. The molecule has 3 aromatic rings. The molecule has 3 aliphatic rings. The zero-order valence-electron chi connectivity index (χ0n) is 22.8. The molecule has 8 nitrogen and oxygen atoms in total. The van der Waals surface area contributed by atoms with Gasteiger partial charge in [0.2, 0.25) is 12.7 Å². The van der Waals surface area contributed by atoms with Crippen LogP contribution in [0.2, 0.25) is 0 Å². The minimum atomic E-state index is -0.538. The highest BCUT2D eigenvalue weighted by molar-refractivity contribution is 6.02. The number of ether oxygens (including phenoxy) is 3. The summed E-state index contributed by atoms with van der Waals surface area (Å²) in [6, 6.07) is 19.4. The maximum atomic E-state index is 13.4. The molecule has 0 bridgehead atoms. The molecule has 0 aromatic heterocycles. The molecule has 1 saturated heterocycles. The first-order chi connectivity index (χ1) is 19.5. The van der Waals surface area contributed by atoms with E-state index in [1.807, 2.05) is 67.6 Å².